The van der Waals surface area contributed by atoms with Crippen LogP contribution in [0.4, 0.5) is 14.5 Å². The molecular formula is C23H16BrF2NO4S. The third-order valence-electron chi connectivity index (χ3n) is 5.20. The fraction of sp³-hybridized carbons (Fsp3) is 0.130. The number of aryl methyl sites for hydroxylation is 1. The van der Waals surface area contributed by atoms with Gasteiger partial charge in [-0.3, -0.25) is 14.5 Å². The molecule has 0 radical (unpaired) electrons. The smallest absolute Gasteiger partial charge is 0.300 e. The van der Waals surface area contributed by atoms with Gasteiger partial charge in [-0.05, 0) is 70.2 Å². The van der Waals surface area contributed by atoms with Crippen molar-refractivity contribution in [3.63, 3.8) is 0 Å². The van der Waals surface area contributed by atoms with Gasteiger partial charge in [0.05, 0.1) is 17.2 Å². The molecule has 1 atom stereocenters. The number of hydrogen-bond donors (Lipinski definition) is 1. The van der Waals surface area contributed by atoms with Gasteiger partial charge < -0.3 is 9.84 Å². The predicted molar refractivity (Wildman–Crippen MR) is 121 cm³/mol. The van der Waals surface area contributed by atoms with Gasteiger partial charge in [-0.1, -0.05) is 0 Å². The summed E-state index contributed by atoms with van der Waals surface area (Å²) < 4.78 is 33.2. The first-order valence-electron chi connectivity index (χ1n) is 9.38. The second-order valence-electron chi connectivity index (χ2n) is 7.08. The van der Waals surface area contributed by atoms with Crippen molar-refractivity contribution in [3.05, 3.63) is 85.5 Å². The van der Waals surface area contributed by atoms with Crippen LogP contribution >= 0.6 is 27.3 Å². The Morgan fingerprint density at radius 3 is 2.47 bits per heavy atom. The van der Waals surface area contributed by atoms with Crippen LogP contribution in [0.5, 0.6) is 5.75 Å². The molecular weight excluding hydrogens is 504 g/mol. The Hall–Kier alpha value is -3.04. The Morgan fingerprint density at radius 2 is 1.88 bits per heavy atom. The Kier molecular flexibility index (Phi) is 5.87. The van der Waals surface area contributed by atoms with Crippen LogP contribution in [0.2, 0.25) is 0 Å². The minimum atomic E-state index is -1.15. The van der Waals surface area contributed by atoms with Crippen LogP contribution in [0.25, 0.3) is 5.76 Å². The van der Waals surface area contributed by atoms with E-state index in [9.17, 15) is 23.5 Å². The van der Waals surface area contributed by atoms with Crippen LogP contribution in [0, 0.1) is 18.6 Å². The molecule has 2 aromatic carbocycles. The number of rotatable bonds is 4. The number of amides is 1. The quantitative estimate of drug-likeness (QED) is 0.271. The zero-order valence-corrected chi connectivity index (χ0v) is 19.3. The monoisotopic (exact) mass is 519 g/mol. The number of thiophene rings is 1. The maximum Gasteiger partial charge on any atom is 0.300 e. The molecule has 4 rings (SSSR count). The SMILES string of the molecule is COc1ccc(/C(O)=C2/C(=O)C(=O)N(c3ccc(F)c(F)c3)C2c2sccc2C)cc1Br. The average molecular weight is 520 g/mol. The minimum absolute atomic E-state index is 0.0127. The first-order chi connectivity index (χ1) is 15.2. The van der Waals surface area contributed by atoms with Crippen molar-refractivity contribution in [1.82, 2.24) is 0 Å². The molecule has 1 fully saturated rings. The number of benzene rings is 2. The van der Waals surface area contributed by atoms with E-state index in [1.807, 2.05) is 6.07 Å². The lowest BCUT2D eigenvalue weighted by Crippen LogP contribution is -2.29. The molecule has 0 spiro atoms. The molecule has 32 heavy (non-hydrogen) atoms. The predicted octanol–water partition coefficient (Wildman–Crippen LogP) is 5.73. The highest BCUT2D eigenvalue weighted by molar-refractivity contribution is 9.10. The summed E-state index contributed by atoms with van der Waals surface area (Å²) in [6, 6.07) is 8.53. The molecule has 1 aliphatic heterocycles. The van der Waals surface area contributed by atoms with Crippen molar-refractivity contribution >= 4 is 50.4 Å². The van der Waals surface area contributed by atoms with Gasteiger partial charge in [0.25, 0.3) is 11.7 Å². The Labute approximate surface area is 194 Å². The number of nitrogens with zero attached hydrogens (tertiary/aromatic N) is 1. The van der Waals surface area contributed by atoms with Gasteiger partial charge in [-0.15, -0.1) is 11.3 Å². The summed E-state index contributed by atoms with van der Waals surface area (Å²) in [5, 5.41) is 12.9. The number of hydrogen-bond acceptors (Lipinski definition) is 5. The Morgan fingerprint density at radius 1 is 1.12 bits per heavy atom. The van der Waals surface area contributed by atoms with E-state index in [-0.39, 0.29) is 17.0 Å². The normalized spacial score (nSPS) is 17.8. The van der Waals surface area contributed by atoms with Gasteiger partial charge in [0.15, 0.2) is 11.6 Å². The molecule has 9 heteroatoms. The van der Waals surface area contributed by atoms with E-state index in [0.29, 0.717) is 20.7 Å². The third-order valence-corrected chi connectivity index (χ3v) is 6.89. The van der Waals surface area contributed by atoms with Crippen LogP contribution in [0.1, 0.15) is 22.0 Å². The highest BCUT2D eigenvalue weighted by atomic mass is 79.9. The van der Waals surface area contributed by atoms with Crippen molar-refractivity contribution in [2.45, 2.75) is 13.0 Å². The molecule has 1 aromatic heterocycles. The molecule has 0 bridgehead atoms. The standard InChI is InChI=1S/C23H16BrF2NO4S/c1-11-7-8-32-22(11)19-18(20(28)12-3-6-17(31-2)14(24)9-12)21(29)23(30)27(19)13-4-5-15(25)16(26)10-13/h3-10,19,28H,1-2H3/b20-18-. The van der Waals surface area contributed by atoms with E-state index >= 15 is 0 Å². The first-order valence-corrected chi connectivity index (χ1v) is 11.1. The Balaban J connectivity index is 1.95. The van der Waals surface area contributed by atoms with Gasteiger partial charge in [-0.25, -0.2) is 8.78 Å². The number of carbonyl (C=O) groups is 2. The van der Waals surface area contributed by atoms with Crippen molar-refractivity contribution in [3.8, 4) is 5.75 Å². The highest BCUT2D eigenvalue weighted by Crippen LogP contribution is 2.45. The maximum atomic E-state index is 14.0. The number of halogens is 3. The lowest BCUT2D eigenvalue weighted by molar-refractivity contribution is -0.132. The van der Waals surface area contributed by atoms with Gasteiger partial charge in [0.2, 0.25) is 0 Å². The second-order valence-corrected chi connectivity index (χ2v) is 8.89. The second kappa shape index (κ2) is 8.48. The summed E-state index contributed by atoms with van der Waals surface area (Å²) in [6.45, 7) is 1.81. The summed E-state index contributed by atoms with van der Waals surface area (Å²) in [5.41, 5.74) is 0.956. The van der Waals surface area contributed by atoms with Gasteiger partial charge in [-0.2, -0.15) is 0 Å². The minimum Gasteiger partial charge on any atom is -0.507 e. The molecule has 2 heterocycles. The van der Waals surface area contributed by atoms with Crippen LogP contribution in [-0.4, -0.2) is 23.9 Å². The molecule has 1 saturated heterocycles. The molecule has 3 aromatic rings. The summed E-state index contributed by atoms with van der Waals surface area (Å²) >= 11 is 4.64. The van der Waals surface area contributed by atoms with E-state index < -0.39 is 29.4 Å². The van der Waals surface area contributed by atoms with Crippen LogP contribution in [-0.2, 0) is 9.59 Å². The average Bonchev–Trinajstić information content (AvgIpc) is 3.30. The Bertz CT molecular complexity index is 1290. The van der Waals surface area contributed by atoms with E-state index in [0.717, 1.165) is 22.6 Å². The number of Topliss-reactive ketones (excluding diaryl/α,β-unsaturated/α-hetero) is 1. The topological polar surface area (TPSA) is 66.8 Å². The first kappa shape index (κ1) is 22.2. The third kappa shape index (κ3) is 3.61. The number of anilines is 1. The maximum absolute atomic E-state index is 14.0. The fourth-order valence-corrected chi connectivity index (χ4v) is 5.18. The van der Waals surface area contributed by atoms with E-state index in [1.54, 1.807) is 30.5 Å². The largest absolute Gasteiger partial charge is 0.507 e. The molecule has 1 amide bonds. The van der Waals surface area contributed by atoms with E-state index in [1.165, 1.54) is 24.5 Å². The molecule has 0 aliphatic carbocycles. The highest BCUT2D eigenvalue weighted by Gasteiger charge is 2.48. The number of ketones is 1. The van der Waals surface area contributed by atoms with Crippen LogP contribution in [0.3, 0.4) is 0 Å². The molecule has 1 N–H and O–H groups in total. The van der Waals surface area contributed by atoms with E-state index in [2.05, 4.69) is 15.9 Å². The fourth-order valence-electron chi connectivity index (χ4n) is 3.62. The molecule has 0 saturated carbocycles. The molecule has 1 aliphatic rings. The lowest BCUT2D eigenvalue weighted by Gasteiger charge is -2.25. The van der Waals surface area contributed by atoms with Gasteiger partial charge in [0.1, 0.15) is 17.6 Å². The number of ether oxygens (including phenoxy) is 1. The van der Waals surface area contributed by atoms with Gasteiger partial charge in [0, 0.05) is 22.2 Å². The van der Waals surface area contributed by atoms with Crippen molar-refractivity contribution in [2.75, 3.05) is 12.0 Å². The van der Waals surface area contributed by atoms with Crippen molar-refractivity contribution in [1.29, 1.82) is 0 Å². The van der Waals surface area contributed by atoms with Crippen LogP contribution in [0.15, 0.2) is 57.9 Å². The molecule has 164 valence electrons. The summed E-state index contributed by atoms with van der Waals surface area (Å²) in [5.74, 6) is -3.94. The van der Waals surface area contributed by atoms with Gasteiger partial charge >= 0.3 is 0 Å². The number of carbonyl (C=O) groups excluding carboxylic acids is 2. The van der Waals surface area contributed by atoms with E-state index in [4.69, 9.17) is 4.74 Å². The number of methoxy groups -OCH3 is 1. The number of aliphatic hydroxyl groups is 1. The van der Waals surface area contributed by atoms with Crippen molar-refractivity contribution < 1.29 is 28.2 Å². The number of aliphatic hydroxyl groups excluding tert-OH is 1. The summed E-state index contributed by atoms with van der Waals surface area (Å²) in [6.07, 6.45) is 0. The zero-order chi connectivity index (χ0) is 23.2. The molecule has 5 nitrogen and oxygen atoms in total. The lowest BCUT2D eigenvalue weighted by atomic mass is 9.98. The molecule has 1 unspecified atom stereocenters. The zero-order valence-electron chi connectivity index (χ0n) is 16.9. The van der Waals surface area contributed by atoms with Crippen LogP contribution < -0.4 is 9.64 Å². The summed E-state index contributed by atoms with van der Waals surface area (Å²) in [4.78, 5) is 27.8. The summed E-state index contributed by atoms with van der Waals surface area (Å²) in [7, 11) is 1.49. The van der Waals surface area contributed by atoms with Crippen molar-refractivity contribution in [2.24, 2.45) is 0 Å².